The normalized spacial score (nSPS) is 9.95. The monoisotopic (exact) mass is 286 g/mol. The lowest BCUT2D eigenvalue weighted by Gasteiger charge is -2.08. The van der Waals surface area contributed by atoms with Gasteiger partial charge in [0.2, 0.25) is 5.91 Å². The maximum absolute atomic E-state index is 12.1. The van der Waals surface area contributed by atoms with E-state index in [9.17, 15) is 14.7 Å². The number of primary amides is 1. The van der Waals surface area contributed by atoms with Gasteiger partial charge in [0, 0.05) is 11.3 Å². The van der Waals surface area contributed by atoms with Gasteiger partial charge in [0.15, 0.2) is 0 Å². The van der Waals surface area contributed by atoms with Gasteiger partial charge in [-0.1, -0.05) is 0 Å². The van der Waals surface area contributed by atoms with Gasteiger partial charge in [0.1, 0.15) is 11.5 Å². The molecule has 21 heavy (non-hydrogen) atoms. The van der Waals surface area contributed by atoms with Crippen molar-refractivity contribution in [2.75, 3.05) is 12.4 Å². The third-order valence-corrected chi connectivity index (χ3v) is 2.88. The number of benzene rings is 2. The van der Waals surface area contributed by atoms with Gasteiger partial charge < -0.3 is 20.9 Å². The molecule has 2 rings (SSSR count). The lowest BCUT2D eigenvalue weighted by Crippen LogP contribution is -2.13. The summed E-state index contributed by atoms with van der Waals surface area (Å²) in [6.07, 6.45) is 0. The molecule has 0 bridgehead atoms. The van der Waals surface area contributed by atoms with Crippen LogP contribution in [0.25, 0.3) is 0 Å². The number of amides is 2. The molecule has 0 radical (unpaired) electrons. The van der Waals surface area contributed by atoms with Gasteiger partial charge in [-0.05, 0) is 42.5 Å². The predicted molar refractivity (Wildman–Crippen MR) is 77.6 cm³/mol. The van der Waals surface area contributed by atoms with E-state index >= 15 is 0 Å². The lowest BCUT2D eigenvalue weighted by molar-refractivity contribution is 0.0998. The first-order chi connectivity index (χ1) is 10.0. The maximum atomic E-state index is 12.1. The highest BCUT2D eigenvalue weighted by molar-refractivity contribution is 6.06. The fourth-order valence-corrected chi connectivity index (χ4v) is 1.74. The van der Waals surface area contributed by atoms with Crippen LogP contribution in [0.3, 0.4) is 0 Å². The molecule has 6 nitrogen and oxygen atoms in total. The molecule has 0 saturated heterocycles. The van der Waals surface area contributed by atoms with Crippen LogP contribution in [0.2, 0.25) is 0 Å². The highest BCUT2D eigenvalue weighted by Gasteiger charge is 2.13. The van der Waals surface area contributed by atoms with Crippen LogP contribution in [-0.4, -0.2) is 24.0 Å². The first kappa shape index (κ1) is 14.4. The molecule has 0 spiro atoms. The SMILES string of the molecule is COc1ccc(O)c(C(=O)Nc2ccc(C(N)=O)cc2)c1. The van der Waals surface area contributed by atoms with E-state index in [-0.39, 0.29) is 11.3 Å². The topological polar surface area (TPSA) is 102 Å². The van der Waals surface area contributed by atoms with Crippen LogP contribution in [0.15, 0.2) is 42.5 Å². The third kappa shape index (κ3) is 3.30. The zero-order valence-corrected chi connectivity index (χ0v) is 11.3. The van der Waals surface area contributed by atoms with E-state index in [0.717, 1.165) is 0 Å². The van der Waals surface area contributed by atoms with Gasteiger partial charge in [0.05, 0.1) is 12.7 Å². The average molecular weight is 286 g/mol. The van der Waals surface area contributed by atoms with Gasteiger partial charge >= 0.3 is 0 Å². The minimum Gasteiger partial charge on any atom is -0.507 e. The molecule has 2 amide bonds. The Labute approximate surface area is 121 Å². The van der Waals surface area contributed by atoms with E-state index in [4.69, 9.17) is 10.5 Å². The molecule has 108 valence electrons. The summed E-state index contributed by atoms with van der Waals surface area (Å²) in [4.78, 5) is 23.1. The highest BCUT2D eigenvalue weighted by Crippen LogP contribution is 2.24. The Hall–Kier alpha value is -3.02. The highest BCUT2D eigenvalue weighted by atomic mass is 16.5. The Morgan fingerprint density at radius 3 is 2.38 bits per heavy atom. The minimum absolute atomic E-state index is 0.0910. The van der Waals surface area contributed by atoms with Crippen molar-refractivity contribution in [1.82, 2.24) is 0 Å². The fourth-order valence-electron chi connectivity index (χ4n) is 1.74. The standard InChI is InChI=1S/C15H14N2O4/c1-21-11-6-7-13(18)12(8-11)15(20)17-10-4-2-9(3-5-10)14(16)19/h2-8,18H,1H3,(H2,16,19)(H,17,20). The number of nitrogens with two attached hydrogens (primary N) is 1. The van der Waals surface area contributed by atoms with Crippen molar-refractivity contribution >= 4 is 17.5 Å². The van der Waals surface area contributed by atoms with Crippen molar-refractivity contribution in [3.05, 3.63) is 53.6 Å². The smallest absolute Gasteiger partial charge is 0.259 e. The van der Waals surface area contributed by atoms with E-state index < -0.39 is 11.8 Å². The van der Waals surface area contributed by atoms with Crippen LogP contribution in [0.4, 0.5) is 5.69 Å². The summed E-state index contributed by atoms with van der Waals surface area (Å²) in [6.45, 7) is 0. The number of carbonyl (C=O) groups excluding carboxylic acids is 2. The Kier molecular flexibility index (Phi) is 4.08. The molecular weight excluding hydrogens is 272 g/mol. The van der Waals surface area contributed by atoms with Gasteiger partial charge in [-0.25, -0.2) is 0 Å². The van der Waals surface area contributed by atoms with E-state index in [0.29, 0.717) is 17.0 Å². The number of ether oxygens (including phenoxy) is 1. The van der Waals surface area contributed by atoms with Crippen LogP contribution in [0.1, 0.15) is 20.7 Å². The molecule has 0 atom stereocenters. The molecule has 0 unspecified atom stereocenters. The second-order valence-electron chi connectivity index (χ2n) is 4.28. The summed E-state index contributed by atoms with van der Waals surface area (Å²) in [5.41, 5.74) is 6.05. The van der Waals surface area contributed by atoms with Crippen molar-refractivity contribution in [3.8, 4) is 11.5 Å². The minimum atomic E-state index is -0.543. The summed E-state index contributed by atoms with van der Waals surface area (Å²) in [5.74, 6) is -0.722. The van der Waals surface area contributed by atoms with Crippen molar-refractivity contribution in [3.63, 3.8) is 0 Å². The first-order valence-electron chi connectivity index (χ1n) is 6.09. The molecule has 0 aliphatic heterocycles. The van der Waals surface area contributed by atoms with E-state index in [1.165, 1.54) is 31.4 Å². The number of aromatic hydroxyl groups is 1. The molecule has 2 aromatic rings. The Bertz CT molecular complexity index is 681. The van der Waals surface area contributed by atoms with Crippen molar-refractivity contribution in [1.29, 1.82) is 0 Å². The molecule has 0 fully saturated rings. The molecule has 4 N–H and O–H groups in total. The lowest BCUT2D eigenvalue weighted by atomic mass is 10.1. The van der Waals surface area contributed by atoms with E-state index in [1.807, 2.05) is 0 Å². The van der Waals surface area contributed by atoms with Gasteiger partial charge in [-0.3, -0.25) is 9.59 Å². The number of phenolic OH excluding ortho intramolecular Hbond substituents is 1. The Balaban J connectivity index is 2.19. The zero-order valence-electron chi connectivity index (χ0n) is 11.3. The van der Waals surface area contributed by atoms with Crippen LogP contribution in [0.5, 0.6) is 11.5 Å². The number of hydrogen-bond acceptors (Lipinski definition) is 4. The number of carbonyl (C=O) groups is 2. The van der Waals surface area contributed by atoms with Crippen LogP contribution < -0.4 is 15.8 Å². The molecule has 0 aliphatic carbocycles. The second-order valence-corrected chi connectivity index (χ2v) is 4.28. The zero-order chi connectivity index (χ0) is 15.4. The van der Waals surface area contributed by atoms with Gasteiger partial charge in [0.25, 0.3) is 5.91 Å². The maximum Gasteiger partial charge on any atom is 0.259 e. The molecule has 6 heteroatoms. The van der Waals surface area contributed by atoms with Crippen LogP contribution in [0, 0.1) is 0 Å². The summed E-state index contributed by atoms with van der Waals surface area (Å²) < 4.78 is 5.01. The summed E-state index contributed by atoms with van der Waals surface area (Å²) in [5, 5.41) is 12.3. The largest absolute Gasteiger partial charge is 0.507 e. The summed E-state index contributed by atoms with van der Waals surface area (Å²) in [7, 11) is 1.47. The van der Waals surface area contributed by atoms with Crippen molar-refractivity contribution in [2.45, 2.75) is 0 Å². The second kappa shape index (κ2) is 5.96. The molecule has 0 heterocycles. The van der Waals surface area contributed by atoms with Crippen LogP contribution in [-0.2, 0) is 0 Å². The summed E-state index contributed by atoms with van der Waals surface area (Å²) in [6, 6.07) is 10.5. The number of hydrogen-bond donors (Lipinski definition) is 3. The Morgan fingerprint density at radius 1 is 1.14 bits per heavy atom. The average Bonchev–Trinajstić information content (AvgIpc) is 2.48. The van der Waals surface area contributed by atoms with Crippen LogP contribution >= 0.6 is 0 Å². The number of phenols is 1. The quantitative estimate of drug-likeness (QED) is 0.796. The van der Waals surface area contributed by atoms with Crippen molar-refractivity contribution in [2.24, 2.45) is 5.73 Å². The number of anilines is 1. The fraction of sp³-hybridized carbons (Fsp3) is 0.0667. The molecule has 2 aromatic carbocycles. The van der Waals surface area contributed by atoms with Crippen molar-refractivity contribution < 1.29 is 19.4 Å². The van der Waals surface area contributed by atoms with E-state index in [1.54, 1.807) is 18.2 Å². The number of methoxy groups -OCH3 is 1. The Morgan fingerprint density at radius 2 is 1.81 bits per heavy atom. The summed E-state index contributed by atoms with van der Waals surface area (Å²) >= 11 is 0. The number of rotatable bonds is 4. The predicted octanol–water partition coefficient (Wildman–Crippen LogP) is 1.75. The van der Waals surface area contributed by atoms with E-state index in [2.05, 4.69) is 5.32 Å². The van der Waals surface area contributed by atoms with Gasteiger partial charge in [-0.2, -0.15) is 0 Å². The molecular formula is C15H14N2O4. The number of nitrogens with one attached hydrogen (secondary N) is 1. The molecule has 0 aromatic heterocycles. The first-order valence-corrected chi connectivity index (χ1v) is 6.09. The molecule has 0 aliphatic rings. The third-order valence-electron chi connectivity index (χ3n) is 2.88. The molecule has 0 saturated carbocycles. The van der Waals surface area contributed by atoms with Gasteiger partial charge in [-0.15, -0.1) is 0 Å².